The van der Waals surface area contributed by atoms with Crippen LogP contribution in [0.5, 0.6) is 0 Å². The summed E-state index contributed by atoms with van der Waals surface area (Å²) in [4.78, 5) is 12.1. The molecule has 0 atom stereocenters. The Bertz CT molecular complexity index is 774. The molecule has 0 radical (unpaired) electrons. The second-order valence-corrected chi connectivity index (χ2v) is 11.6. The summed E-state index contributed by atoms with van der Waals surface area (Å²) in [6.45, 7) is 2.28. The van der Waals surface area contributed by atoms with Crippen LogP contribution in [0.25, 0.3) is 0 Å². The first-order chi connectivity index (χ1) is 17.0. The monoisotopic (exact) mass is 529 g/mol. The van der Waals surface area contributed by atoms with Crippen molar-refractivity contribution in [1.82, 2.24) is 4.48 Å². The topological polar surface area (TPSA) is 92.7 Å². The van der Waals surface area contributed by atoms with Crippen molar-refractivity contribution in [2.75, 3.05) is 33.6 Å². The summed E-state index contributed by atoms with van der Waals surface area (Å²) in [5, 5.41) is 3.02. The van der Waals surface area contributed by atoms with Crippen LogP contribution < -0.4 is 9.80 Å². The molecular formula is C28H53N2O5S+. The zero-order chi connectivity index (χ0) is 27.3. The van der Waals surface area contributed by atoms with Gasteiger partial charge in [0.05, 0.1) is 28.3 Å². The molecule has 36 heavy (non-hydrogen) atoms. The maximum absolute atomic E-state index is 12.1. The lowest BCUT2D eigenvalue weighted by Gasteiger charge is -2.23. The third-order valence-corrected chi connectivity index (χ3v) is 6.56. The lowest BCUT2D eigenvalue weighted by molar-refractivity contribution is -0.116. The van der Waals surface area contributed by atoms with E-state index >= 15 is 0 Å². The number of anilines is 1. The Hall–Kier alpha value is -1.48. The number of benzene rings is 1. The molecule has 0 saturated heterocycles. The van der Waals surface area contributed by atoms with Crippen molar-refractivity contribution < 1.29 is 21.9 Å². The van der Waals surface area contributed by atoms with E-state index in [1.54, 1.807) is 0 Å². The van der Waals surface area contributed by atoms with Gasteiger partial charge in [0.15, 0.2) is 0 Å². The van der Waals surface area contributed by atoms with Gasteiger partial charge in [-0.25, -0.2) is 0 Å². The van der Waals surface area contributed by atoms with Crippen molar-refractivity contribution in [3.63, 3.8) is 0 Å². The van der Waals surface area contributed by atoms with Gasteiger partial charge in [0.25, 0.3) is 0 Å². The molecule has 1 aromatic carbocycles. The number of carbonyl (C=O) groups excluding carboxylic acids is 1. The van der Waals surface area contributed by atoms with Gasteiger partial charge in [-0.1, -0.05) is 96.8 Å². The molecule has 2 N–H and O–H groups in total. The van der Waals surface area contributed by atoms with Crippen LogP contribution >= 0.6 is 0 Å². The number of rotatable bonds is 19. The highest BCUT2D eigenvalue weighted by molar-refractivity contribution is 7.80. The molecule has 0 fully saturated rings. The largest absolute Gasteiger partial charge is 0.397 e. The predicted molar refractivity (Wildman–Crippen MR) is 153 cm³/mol. The van der Waals surface area contributed by atoms with Crippen LogP contribution in [0, 0.1) is 0 Å². The highest BCUT2D eigenvalue weighted by atomic mass is 32.3. The molecule has 210 valence electrons. The molecule has 0 saturated carbocycles. The molecule has 0 aromatic heterocycles. The number of nitrogens with zero attached hydrogens (tertiary/aromatic N) is 1. The lowest BCUT2D eigenvalue weighted by atomic mass is 10.0. The van der Waals surface area contributed by atoms with Crippen molar-refractivity contribution in [2.24, 2.45) is 0 Å². The molecule has 7 nitrogen and oxygen atoms in total. The second kappa shape index (κ2) is 20.6. The van der Waals surface area contributed by atoms with Crippen molar-refractivity contribution in [3.05, 3.63) is 24.3 Å². The summed E-state index contributed by atoms with van der Waals surface area (Å²) in [7, 11) is 3.14. The van der Waals surface area contributed by atoms with E-state index in [1.165, 1.54) is 95.6 Å². The normalized spacial score (nSPS) is 11.6. The van der Waals surface area contributed by atoms with Crippen molar-refractivity contribution >= 4 is 27.7 Å². The number of carbonyl (C=O) groups is 1. The Morgan fingerprint density at radius 2 is 1.14 bits per heavy atom. The van der Waals surface area contributed by atoms with E-state index in [-0.39, 0.29) is 5.91 Å². The minimum absolute atomic E-state index is 0.141. The number of hydrogen-bond acceptors (Lipinski definition) is 4. The van der Waals surface area contributed by atoms with Crippen LogP contribution in [0.15, 0.2) is 24.3 Å². The summed E-state index contributed by atoms with van der Waals surface area (Å²) in [6, 6.07) is 8.18. The fourth-order valence-corrected chi connectivity index (χ4v) is 3.87. The molecule has 0 unspecified atom stereocenters. The van der Waals surface area contributed by atoms with Gasteiger partial charge in [0.1, 0.15) is 5.69 Å². The zero-order valence-corrected chi connectivity index (χ0v) is 24.4. The van der Waals surface area contributed by atoms with Gasteiger partial charge in [-0.2, -0.15) is 8.42 Å². The maximum Gasteiger partial charge on any atom is 0.397 e. The van der Waals surface area contributed by atoms with Crippen LogP contribution in [-0.2, 0) is 19.4 Å². The third-order valence-electron chi connectivity index (χ3n) is 6.14. The van der Waals surface area contributed by atoms with Crippen LogP contribution in [0.2, 0.25) is 0 Å². The molecule has 0 aliphatic heterocycles. The van der Waals surface area contributed by atoms with E-state index in [9.17, 15) is 13.2 Å². The summed E-state index contributed by atoms with van der Waals surface area (Å²) < 4.78 is 30.5. The fourth-order valence-electron chi connectivity index (χ4n) is 3.87. The molecule has 0 spiro atoms. The SMILES string of the molecule is CCCCCCCCCCCCCCCCCC(=O)Nc1ccc([N+](C)(C)C)cc1.COS(=O)(=O)O. The summed E-state index contributed by atoms with van der Waals surface area (Å²) >= 11 is 0. The number of amides is 1. The van der Waals surface area contributed by atoms with E-state index in [0.717, 1.165) is 23.7 Å². The Labute approximate surface area is 221 Å². The molecule has 0 heterocycles. The van der Waals surface area contributed by atoms with Crippen LogP contribution in [0.4, 0.5) is 11.4 Å². The van der Waals surface area contributed by atoms with Crippen LogP contribution in [0.1, 0.15) is 110 Å². The van der Waals surface area contributed by atoms with Crippen molar-refractivity contribution in [2.45, 2.75) is 110 Å². The standard InChI is InChI=1S/C27H48N2O.CH4O4S/c1-5-6-7-8-9-10-11-12-13-14-15-16-17-18-19-20-27(30)28-25-21-23-26(24-22-25)29(2,3)4;1-5-6(2,3)4/h21-24H,5-20H2,1-4H3;1H3,(H,2,3,4)/p+1. The fraction of sp³-hybridized carbons (Fsp3) is 0.750. The van der Waals surface area contributed by atoms with E-state index in [0.29, 0.717) is 6.42 Å². The van der Waals surface area contributed by atoms with E-state index < -0.39 is 10.4 Å². The van der Waals surface area contributed by atoms with Gasteiger partial charge in [-0.15, -0.1) is 0 Å². The molecule has 0 aliphatic rings. The van der Waals surface area contributed by atoms with Gasteiger partial charge in [0.2, 0.25) is 5.91 Å². The van der Waals surface area contributed by atoms with Gasteiger partial charge in [-0.05, 0) is 18.6 Å². The average Bonchev–Trinajstić information content (AvgIpc) is 2.81. The number of nitrogens with one attached hydrogen (secondary N) is 1. The first kappa shape index (κ1) is 34.5. The molecule has 8 heteroatoms. The first-order valence-corrected chi connectivity index (χ1v) is 15.1. The van der Waals surface area contributed by atoms with Crippen molar-refractivity contribution in [3.8, 4) is 0 Å². The summed E-state index contributed by atoms with van der Waals surface area (Å²) in [6.07, 6.45) is 20.9. The molecule has 0 aliphatic carbocycles. The van der Waals surface area contributed by atoms with Gasteiger partial charge in [-0.3, -0.25) is 18.0 Å². The van der Waals surface area contributed by atoms with Crippen LogP contribution in [0.3, 0.4) is 0 Å². The Kier molecular flexibility index (Phi) is 19.7. The summed E-state index contributed by atoms with van der Waals surface area (Å²) in [5.41, 5.74) is 2.13. The highest BCUT2D eigenvalue weighted by Crippen LogP contribution is 2.20. The number of hydrogen-bond donors (Lipinski definition) is 2. The highest BCUT2D eigenvalue weighted by Gasteiger charge is 2.11. The Balaban J connectivity index is 0.00000181. The van der Waals surface area contributed by atoms with Crippen molar-refractivity contribution in [1.29, 1.82) is 0 Å². The smallest absolute Gasteiger partial charge is 0.326 e. The van der Waals surface area contributed by atoms with E-state index in [1.807, 2.05) is 12.1 Å². The Morgan fingerprint density at radius 1 is 0.778 bits per heavy atom. The number of quaternary nitrogens is 1. The minimum atomic E-state index is -4.16. The molecule has 0 bridgehead atoms. The minimum Gasteiger partial charge on any atom is -0.326 e. The molecular weight excluding hydrogens is 476 g/mol. The quantitative estimate of drug-likeness (QED) is 0.110. The van der Waals surface area contributed by atoms with E-state index in [2.05, 4.69) is 49.7 Å². The molecule has 1 rings (SSSR count). The molecule has 1 aromatic rings. The zero-order valence-electron chi connectivity index (χ0n) is 23.6. The number of unbranched alkanes of at least 4 members (excludes halogenated alkanes) is 14. The average molecular weight is 530 g/mol. The lowest BCUT2D eigenvalue weighted by Crippen LogP contribution is -2.34. The third kappa shape index (κ3) is 21.8. The van der Waals surface area contributed by atoms with Gasteiger partial charge >= 0.3 is 10.4 Å². The van der Waals surface area contributed by atoms with Gasteiger partial charge in [0, 0.05) is 24.2 Å². The van der Waals surface area contributed by atoms with Crippen LogP contribution in [-0.4, -0.2) is 47.1 Å². The first-order valence-electron chi connectivity index (χ1n) is 13.7. The van der Waals surface area contributed by atoms with Gasteiger partial charge < -0.3 is 5.32 Å². The second-order valence-electron chi connectivity index (χ2n) is 10.4. The van der Waals surface area contributed by atoms with E-state index in [4.69, 9.17) is 4.55 Å². The Morgan fingerprint density at radius 3 is 1.47 bits per heavy atom. The predicted octanol–water partition coefficient (Wildman–Crippen LogP) is 7.52. The summed E-state index contributed by atoms with van der Waals surface area (Å²) in [5.74, 6) is 0.141. The molecule has 1 amide bonds. The maximum atomic E-state index is 12.1.